The Hall–Kier alpha value is -1.98. The maximum absolute atomic E-state index is 11.8. The summed E-state index contributed by atoms with van der Waals surface area (Å²) in [5.74, 6) is -0.131. The third kappa shape index (κ3) is 3.51. The van der Waals surface area contributed by atoms with E-state index in [4.69, 9.17) is 0 Å². The molecule has 6 nitrogen and oxygen atoms in total. The van der Waals surface area contributed by atoms with Crippen molar-refractivity contribution in [1.82, 2.24) is 15.1 Å². The molecule has 0 spiro atoms. The van der Waals surface area contributed by atoms with E-state index in [0.29, 0.717) is 18.7 Å². The molecule has 1 aliphatic rings. The second-order valence-corrected chi connectivity index (χ2v) is 4.31. The molecule has 1 aliphatic heterocycles. The van der Waals surface area contributed by atoms with Gasteiger partial charge >= 0.3 is 0 Å². The van der Waals surface area contributed by atoms with E-state index in [-0.39, 0.29) is 18.4 Å². The third-order valence-electron chi connectivity index (χ3n) is 2.87. The van der Waals surface area contributed by atoms with E-state index in [0.717, 1.165) is 19.3 Å². The summed E-state index contributed by atoms with van der Waals surface area (Å²) in [7, 11) is 0. The molecule has 96 valence electrons. The lowest BCUT2D eigenvalue weighted by Crippen LogP contribution is -2.37. The van der Waals surface area contributed by atoms with E-state index in [1.807, 2.05) is 0 Å². The van der Waals surface area contributed by atoms with Gasteiger partial charge in [0.15, 0.2) is 0 Å². The Bertz CT molecular complexity index is 421. The summed E-state index contributed by atoms with van der Waals surface area (Å²) in [5.41, 5.74) is 0.595. The van der Waals surface area contributed by atoms with Crippen LogP contribution >= 0.6 is 0 Å². The van der Waals surface area contributed by atoms with Gasteiger partial charge in [-0.2, -0.15) is 10.2 Å². The number of nitrogens with zero attached hydrogens (tertiary/aromatic N) is 3. The number of aromatic nitrogens is 2. The fraction of sp³-hybridized carbons (Fsp3) is 0.500. The van der Waals surface area contributed by atoms with Crippen LogP contribution in [0.15, 0.2) is 18.5 Å². The van der Waals surface area contributed by atoms with Crippen LogP contribution in [0.25, 0.3) is 0 Å². The van der Waals surface area contributed by atoms with Gasteiger partial charge in [0.2, 0.25) is 11.8 Å². The summed E-state index contributed by atoms with van der Waals surface area (Å²) in [6.07, 6.45) is 6.47. The van der Waals surface area contributed by atoms with Crippen LogP contribution in [0.4, 0.5) is 5.69 Å². The number of amides is 2. The van der Waals surface area contributed by atoms with Gasteiger partial charge in [0, 0.05) is 13.0 Å². The first-order chi connectivity index (χ1) is 8.75. The minimum Gasteiger partial charge on any atom is -0.333 e. The molecule has 0 aliphatic carbocycles. The van der Waals surface area contributed by atoms with Gasteiger partial charge in [-0.1, -0.05) is 6.42 Å². The predicted molar refractivity (Wildman–Crippen MR) is 65.7 cm³/mol. The molecule has 1 saturated heterocycles. The summed E-state index contributed by atoms with van der Waals surface area (Å²) in [4.78, 5) is 25.1. The Balaban J connectivity index is 1.88. The second-order valence-electron chi connectivity index (χ2n) is 4.31. The molecule has 2 amide bonds. The summed E-state index contributed by atoms with van der Waals surface area (Å²) in [6.45, 7) is 0.780. The van der Waals surface area contributed by atoms with E-state index >= 15 is 0 Å². The van der Waals surface area contributed by atoms with Crippen LogP contribution in [0, 0.1) is 0 Å². The first-order valence-corrected chi connectivity index (χ1v) is 6.10. The number of carbonyl (C=O) groups is 2. The molecule has 1 N–H and O–H groups in total. The van der Waals surface area contributed by atoms with Gasteiger partial charge in [0.1, 0.15) is 0 Å². The Morgan fingerprint density at radius 3 is 3.00 bits per heavy atom. The Morgan fingerprint density at radius 1 is 1.33 bits per heavy atom. The molecule has 2 heterocycles. The molecule has 1 aromatic heterocycles. The van der Waals surface area contributed by atoms with Crippen molar-refractivity contribution in [3.05, 3.63) is 18.5 Å². The highest BCUT2D eigenvalue weighted by Crippen LogP contribution is 2.11. The molecule has 6 heteroatoms. The number of hydrogen-bond donors (Lipinski definition) is 1. The van der Waals surface area contributed by atoms with E-state index in [1.165, 1.54) is 12.4 Å². The zero-order chi connectivity index (χ0) is 12.8. The van der Waals surface area contributed by atoms with Crippen molar-refractivity contribution in [2.75, 3.05) is 18.4 Å². The topological polar surface area (TPSA) is 75.2 Å². The van der Waals surface area contributed by atoms with Crippen molar-refractivity contribution >= 4 is 17.5 Å². The lowest BCUT2D eigenvalue weighted by molar-refractivity contribution is -0.134. The minimum absolute atomic E-state index is 0.0653. The summed E-state index contributed by atoms with van der Waals surface area (Å²) < 4.78 is 0. The van der Waals surface area contributed by atoms with Crippen molar-refractivity contribution in [3.63, 3.8) is 0 Å². The van der Waals surface area contributed by atoms with Crippen molar-refractivity contribution in [3.8, 4) is 0 Å². The second kappa shape index (κ2) is 6.09. The number of hydrogen-bond acceptors (Lipinski definition) is 4. The molecule has 1 fully saturated rings. The van der Waals surface area contributed by atoms with Crippen molar-refractivity contribution in [2.45, 2.75) is 25.7 Å². The SMILES string of the molecule is O=C(CN1CCCCCC1=O)Nc1ccnnc1. The van der Waals surface area contributed by atoms with E-state index in [2.05, 4.69) is 15.5 Å². The zero-order valence-corrected chi connectivity index (χ0v) is 10.1. The lowest BCUT2D eigenvalue weighted by Gasteiger charge is -2.19. The first kappa shape index (κ1) is 12.5. The molecule has 18 heavy (non-hydrogen) atoms. The molecule has 0 aromatic carbocycles. The van der Waals surface area contributed by atoms with Crippen LogP contribution in [-0.2, 0) is 9.59 Å². The van der Waals surface area contributed by atoms with Gasteiger partial charge in [-0.3, -0.25) is 9.59 Å². The molecule has 1 aromatic rings. The average molecular weight is 248 g/mol. The molecule has 0 atom stereocenters. The fourth-order valence-electron chi connectivity index (χ4n) is 1.94. The van der Waals surface area contributed by atoms with Crippen LogP contribution in [0.5, 0.6) is 0 Å². The maximum Gasteiger partial charge on any atom is 0.244 e. The lowest BCUT2D eigenvalue weighted by atomic mass is 10.2. The van der Waals surface area contributed by atoms with E-state index in [1.54, 1.807) is 11.0 Å². The molecule has 0 saturated carbocycles. The molecule has 0 bridgehead atoms. The van der Waals surface area contributed by atoms with Crippen LogP contribution in [0.1, 0.15) is 25.7 Å². The van der Waals surface area contributed by atoms with Crippen LogP contribution in [-0.4, -0.2) is 40.0 Å². The third-order valence-corrected chi connectivity index (χ3v) is 2.87. The minimum atomic E-state index is -0.196. The zero-order valence-electron chi connectivity index (χ0n) is 10.1. The van der Waals surface area contributed by atoms with Crippen molar-refractivity contribution in [1.29, 1.82) is 0 Å². The highest BCUT2D eigenvalue weighted by atomic mass is 16.2. The summed E-state index contributed by atoms with van der Waals surface area (Å²) >= 11 is 0. The van der Waals surface area contributed by atoms with Crippen molar-refractivity contribution < 1.29 is 9.59 Å². The van der Waals surface area contributed by atoms with Crippen LogP contribution in [0.2, 0.25) is 0 Å². The van der Waals surface area contributed by atoms with Crippen LogP contribution < -0.4 is 5.32 Å². The van der Waals surface area contributed by atoms with Gasteiger partial charge in [-0.15, -0.1) is 0 Å². The largest absolute Gasteiger partial charge is 0.333 e. The Morgan fingerprint density at radius 2 is 2.22 bits per heavy atom. The van der Waals surface area contributed by atoms with E-state index in [9.17, 15) is 9.59 Å². The predicted octanol–water partition coefficient (Wildman–Crippen LogP) is 0.818. The Kier molecular flexibility index (Phi) is 4.22. The Labute approximate surface area is 105 Å². The number of carbonyl (C=O) groups excluding carboxylic acids is 2. The average Bonchev–Trinajstić information content (AvgIpc) is 2.56. The number of anilines is 1. The number of nitrogens with one attached hydrogen (secondary N) is 1. The van der Waals surface area contributed by atoms with Gasteiger partial charge in [0.25, 0.3) is 0 Å². The molecule has 2 rings (SSSR count). The highest BCUT2D eigenvalue weighted by Gasteiger charge is 2.19. The molecule has 0 unspecified atom stereocenters. The first-order valence-electron chi connectivity index (χ1n) is 6.10. The van der Waals surface area contributed by atoms with Crippen molar-refractivity contribution in [2.24, 2.45) is 0 Å². The van der Waals surface area contributed by atoms with Gasteiger partial charge in [-0.25, -0.2) is 0 Å². The number of likely N-dealkylation sites (tertiary alicyclic amines) is 1. The smallest absolute Gasteiger partial charge is 0.244 e. The number of rotatable bonds is 3. The molecular weight excluding hydrogens is 232 g/mol. The van der Waals surface area contributed by atoms with Crippen LogP contribution in [0.3, 0.4) is 0 Å². The van der Waals surface area contributed by atoms with Gasteiger partial charge in [0.05, 0.1) is 24.6 Å². The highest BCUT2D eigenvalue weighted by molar-refractivity contribution is 5.94. The molecule has 0 radical (unpaired) electrons. The quantitative estimate of drug-likeness (QED) is 0.859. The maximum atomic E-state index is 11.8. The van der Waals surface area contributed by atoms with Gasteiger partial charge < -0.3 is 10.2 Å². The normalized spacial score (nSPS) is 16.2. The standard InChI is InChI=1S/C12H16N4O2/c17-11(15-10-5-6-13-14-8-10)9-16-7-3-1-2-4-12(16)18/h5-6,8H,1-4,7,9H2,(H,13,15,17). The molecular formula is C12H16N4O2. The van der Waals surface area contributed by atoms with E-state index < -0.39 is 0 Å². The fourth-order valence-corrected chi connectivity index (χ4v) is 1.94. The summed E-state index contributed by atoms with van der Waals surface area (Å²) in [5, 5.41) is 9.99. The summed E-state index contributed by atoms with van der Waals surface area (Å²) in [6, 6.07) is 1.66. The van der Waals surface area contributed by atoms with Gasteiger partial charge in [-0.05, 0) is 18.9 Å². The monoisotopic (exact) mass is 248 g/mol.